The minimum Gasteiger partial charge on any atom is -0.480 e. The van der Waals surface area contributed by atoms with Crippen LogP contribution in [-0.2, 0) is 14.4 Å². The number of benzene rings is 1. The summed E-state index contributed by atoms with van der Waals surface area (Å²) in [5, 5.41) is 14.5. The van der Waals surface area contributed by atoms with Gasteiger partial charge in [-0.2, -0.15) is 0 Å². The molecule has 0 spiro atoms. The molecule has 1 aromatic carbocycles. The average molecular weight is 346 g/mol. The number of hydrogen-bond acceptors (Lipinski definition) is 3. The first-order valence-electron chi connectivity index (χ1n) is 8.33. The van der Waals surface area contributed by atoms with Crippen LogP contribution in [0.1, 0.15) is 45.2 Å². The van der Waals surface area contributed by atoms with E-state index in [9.17, 15) is 19.5 Å². The summed E-state index contributed by atoms with van der Waals surface area (Å²) in [4.78, 5) is 36.1. The topological polar surface area (TPSA) is 95.5 Å². The van der Waals surface area contributed by atoms with Gasteiger partial charge >= 0.3 is 5.97 Å². The van der Waals surface area contributed by atoms with Gasteiger partial charge in [-0.05, 0) is 24.8 Å². The SMILES string of the molecule is C/C=C/CC(NC(=O)C(NC(=O)CC(C)C)c1ccccc1)C(=O)O. The highest BCUT2D eigenvalue weighted by molar-refractivity contribution is 5.91. The number of rotatable bonds is 9. The lowest BCUT2D eigenvalue weighted by atomic mass is 10.0. The average Bonchev–Trinajstić information content (AvgIpc) is 2.56. The molecular formula is C19H26N2O4. The summed E-state index contributed by atoms with van der Waals surface area (Å²) >= 11 is 0. The number of nitrogens with one attached hydrogen (secondary N) is 2. The van der Waals surface area contributed by atoms with Gasteiger partial charge in [0.1, 0.15) is 12.1 Å². The Kier molecular flexibility index (Phi) is 8.39. The van der Waals surface area contributed by atoms with E-state index in [1.54, 1.807) is 49.4 Å². The molecule has 0 bridgehead atoms. The molecule has 0 aliphatic heterocycles. The number of hydrogen-bond donors (Lipinski definition) is 3. The van der Waals surface area contributed by atoms with Crippen LogP contribution in [0.2, 0.25) is 0 Å². The van der Waals surface area contributed by atoms with Gasteiger partial charge in [0, 0.05) is 6.42 Å². The van der Waals surface area contributed by atoms with E-state index in [1.807, 2.05) is 13.8 Å². The van der Waals surface area contributed by atoms with Gasteiger partial charge in [-0.25, -0.2) is 4.79 Å². The molecule has 0 aromatic heterocycles. The van der Waals surface area contributed by atoms with Crippen LogP contribution in [0.5, 0.6) is 0 Å². The Morgan fingerprint density at radius 3 is 2.28 bits per heavy atom. The summed E-state index contributed by atoms with van der Waals surface area (Å²) in [7, 11) is 0. The van der Waals surface area contributed by atoms with Crippen LogP contribution in [-0.4, -0.2) is 28.9 Å². The van der Waals surface area contributed by atoms with Gasteiger partial charge in [0.05, 0.1) is 0 Å². The van der Waals surface area contributed by atoms with Crippen molar-refractivity contribution in [2.24, 2.45) is 5.92 Å². The number of carboxylic acids is 1. The predicted octanol–water partition coefficient (Wildman–Crippen LogP) is 2.43. The second-order valence-electron chi connectivity index (χ2n) is 6.21. The molecule has 0 heterocycles. The Bertz CT molecular complexity index is 611. The van der Waals surface area contributed by atoms with Gasteiger partial charge < -0.3 is 15.7 Å². The first-order chi connectivity index (χ1) is 11.8. The molecule has 0 saturated carbocycles. The highest BCUT2D eigenvalue weighted by Crippen LogP contribution is 2.14. The van der Waals surface area contributed by atoms with Crippen molar-refractivity contribution in [3.05, 3.63) is 48.0 Å². The molecular weight excluding hydrogens is 320 g/mol. The largest absolute Gasteiger partial charge is 0.480 e. The Morgan fingerprint density at radius 2 is 1.76 bits per heavy atom. The Labute approximate surface area is 148 Å². The van der Waals surface area contributed by atoms with Gasteiger partial charge in [-0.1, -0.05) is 56.3 Å². The van der Waals surface area contributed by atoms with Crippen LogP contribution in [0, 0.1) is 5.92 Å². The van der Waals surface area contributed by atoms with Crippen LogP contribution < -0.4 is 10.6 Å². The highest BCUT2D eigenvalue weighted by atomic mass is 16.4. The summed E-state index contributed by atoms with van der Waals surface area (Å²) in [6.45, 7) is 5.60. The molecule has 6 heteroatoms. The smallest absolute Gasteiger partial charge is 0.326 e. The fourth-order valence-corrected chi connectivity index (χ4v) is 2.29. The van der Waals surface area contributed by atoms with Crippen LogP contribution in [0.4, 0.5) is 0 Å². The number of carbonyl (C=O) groups excluding carboxylic acids is 2. The molecule has 2 atom stereocenters. The normalized spacial score (nSPS) is 13.4. The molecule has 136 valence electrons. The maximum absolute atomic E-state index is 12.6. The zero-order valence-corrected chi connectivity index (χ0v) is 14.9. The van der Waals surface area contributed by atoms with Crippen molar-refractivity contribution in [3.8, 4) is 0 Å². The summed E-state index contributed by atoms with van der Waals surface area (Å²) in [5.41, 5.74) is 0.604. The molecule has 1 aromatic rings. The lowest BCUT2D eigenvalue weighted by Crippen LogP contribution is -2.47. The molecule has 1 rings (SSSR count). The van der Waals surface area contributed by atoms with Crippen molar-refractivity contribution in [1.29, 1.82) is 0 Å². The van der Waals surface area contributed by atoms with Crippen molar-refractivity contribution in [2.45, 2.75) is 45.7 Å². The fraction of sp³-hybridized carbons (Fsp3) is 0.421. The summed E-state index contributed by atoms with van der Waals surface area (Å²) < 4.78 is 0. The molecule has 2 amide bonds. The van der Waals surface area contributed by atoms with Crippen LogP contribution in [0.15, 0.2) is 42.5 Å². The van der Waals surface area contributed by atoms with Crippen molar-refractivity contribution in [3.63, 3.8) is 0 Å². The maximum Gasteiger partial charge on any atom is 0.326 e. The zero-order valence-electron chi connectivity index (χ0n) is 14.9. The number of aliphatic carboxylic acids is 1. The van der Waals surface area contributed by atoms with Gasteiger partial charge in [0.25, 0.3) is 0 Å². The molecule has 25 heavy (non-hydrogen) atoms. The quantitative estimate of drug-likeness (QED) is 0.598. The Hall–Kier alpha value is -2.63. The van der Waals surface area contributed by atoms with E-state index in [1.165, 1.54) is 0 Å². The van der Waals surface area contributed by atoms with Gasteiger partial charge in [-0.15, -0.1) is 0 Å². The van der Waals surface area contributed by atoms with Crippen molar-refractivity contribution >= 4 is 17.8 Å². The van der Waals surface area contributed by atoms with E-state index in [0.29, 0.717) is 5.56 Å². The van der Waals surface area contributed by atoms with Crippen LogP contribution in [0.3, 0.4) is 0 Å². The van der Waals surface area contributed by atoms with Crippen molar-refractivity contribution in [1.82, 2.24) is 10.6 Å². The number of carboxylic acid groups (broad SMARTS) is 1. The third kappa shape index (κ3) is 7.20. The number of amides is 2. The van der Waals surface area contributed by atoms with Crippen LogP contribution >= 0.6 is 0 Å². The zero-order chi connectivity index (χ0) is 18.8. The van der Waals surface area contributed by atoms with Crippen molar-refractivity contribution in [2.75, 3.05) is 0 Å². The first kappa shape index (κ1) is 20.4. The lowest BCUT2D eigenvalue weighted by molar-refractivity contribution is -0.142. The van der Waals surface area contributed by atoms with Crippen molar-refractivity contribution < 1.29 is 19.5 Å². The highest BCUT2D eigenvalue weighted by Gasteiger charge is 2.27. The summed E-state index contributed by atoms with van der Waals surface area (Å²) in [6, 6.07) is 6.80. The molecule has 0 fully saturated rings. The Balaban J connectivity index is 2.95. The molecule has 6 nitrogen and oxygen atoms in total. The minimum absolute atomic E-state index is 0.154. The summed E-state index contributed by atoms with van der Waals surface area (Å²) in [5.74, 6) is -1.76. The number of allylic oxidation sites excluding steroid dienone is 1. The third-order valence-corrected chi connectivity index (χ3v) is 3.52. The van der Waals surface area contributed by atoms with Gasteiger partial charge in [0.15, 0.2) is 0 Å². The predicted molar refractivity (Wildman–Crippen MR) is 95.8 cm³/mol. The first-order valence-corrected chi connectivity index (χ1v) is 8.33. The second-order valence-corrected chi connectivity index (χ2v) is 6.21. The van der Waals surface area contributed by atoms with E-state index < -0.39 is 24.0 Å². The fourth-order valence-electron chi connectivity index (χ4n) is 2.29. The van der Waals surface area contributed by atoms with Gasteiger partial charge in [-0.3, -0.25) is 9.59 Å². The third-order valence-electron chi connectivity index (χ3n) is 3.52. The maximum atomic E-state index is 12.6. The van der Waals surface area contributed by atoms with E-state index in [-0.39, 0.29) is 24.7 Å². The lowest BCUT2D eigenvalue weighted by Gasteiger charge is -2.22. The van der Waals surface area contributed by atoms with E-state index in [4.69, 9.17) is 0 Å². The molecule has 0 aliphatic carbocycles. The van der Waals surface area contributed by atoms with Gasteiger partial charge in [0.2, 0.25) is 11.8 Å². The van der Waals surface area contributed by atoms with E-state index >= 15 is 0 Å². The summed E-state index contributed by atoms with van der Waals surface area (Å²) in [6.07, 6.45) is 3.87. The molecule has 0 saturated heterocycles. The molecule has 3 N–H and O–H groups in total. The molecule has 2 unspecified atom stereocenters. The standard InChI is InChI=1S/C19H26N2O4/c1-4-5-11-15(19(24)25)20-18(23)17(14-9-7-6-8-10-14)21-16(22)12-13(2)3/h4-10,13,15,17H,11-12H2,1-3H3,(H,20,23)(H,21,22)(H,24,25)/b5-4+. The monoisotopic (exact) mass is 346 g/mol. The number of carbonyl (C=O) groups is 3. The van der Waals surface area contributed by atoms with E-state index in [2.05, 4.69) is 10.6 Å². The second kappa shape index (κ2) is 10.3. The van der Waals surface area contributed by atoms with E-state index in [0.717, 1.165) is 0 Å². The van der Waals surface area contributed by atoms with Crippen LogP contribution in [0.25, 0.3) is 0 Å². The minimum atomic E-state index is -1.12. The molecule has 0 radical (unpaired) electrons. The Morgan fingerprint density at radius 1 is 1.12 bits per heavy atom. The molecule has 0 aliphatic rings.